The standard InChI is InChI=1S/C10H12BrN5/c1-2-13-10-14-9(12)16(15-10)8-5-3-4-7(11)6-8/h3-6H,2H2,1H3,(H3,12,13,14,15). The van der Waals surface area contributed by atoms with Gasteiger partial charge in [0.25, 0.3) is 0 Å². The van der Waals surface area contributed by atoms with E-state index < -0.39 is 0 Å². The molecule has 0 saturated carbocycles. The molecule has 2 rings (SSSR count). The Morgan fingerprint density at radius 3 is 3.00 bits per heavy atom. The minimum Gasteiger partial charge on any atom is -0.368 e. The zero-order valence-electron chi connectivity index (χ0n) is 8.81. The Kier molecular flexibility index (Phi) is 3.09. The van der Waals surface area contributed by atoms with Crippen LogP contribution in [0.2, 0.25) is 0 Å². The lowest BCUT2D eigenvalue weighted by atomic mass is 10.3. The molecule has 0 radical (unpaired) electrons. The molecule has 0 aliphatic rings. The van der Waals surface area contributed by atoms with Crippen LogP contribution in [0.4, 0.5) is 11.9 Å². The minimum absolute atomic E-state index is 0.369. The molecule has 0 fully saturated rings. The second-order valence-electron chi connectivity index (χ2n) is 3.22. The number of nitrogens with two attached hydrogens (primary N) is 1. The fourth-order valence-electron chi connectivity index (χ4n) is 1.36. The smallest absolute Gasteiger partial charge is 0.244 e. The summed E-state index contributed by atoms with van der Waals surface area (Å²) in [6, 6.07) is 7.72. The third kappa shape index (κ3) is 2.16. The lowest BCUT2D eigenvalue weighted by molar-refractivity contribution is 0.888. The van der Waals surface area contributed by atoms with Crippen molar-refractivity contribution >= 4 is 27.8 Å². The van der Waals surface area contributed by atoms with E-state index in [2.05, 4.69) is 31.3 Å². The number of aromatic nitrogens is 3. The first kappa shape index (κ1) is 10.9. The van der Waals surface area contributed by atoms with Crippen molar-refractivity contribution in [3.05, 3.63) is 28.7 Å². The number of hydrogen-bond acceptors (Lipinski definition) is 4. The molecule has 0 saturated heterocycles. The lowest BCUT2D eigenvalue weighted by Crippen LogP contribution is -2.02. The third-order valence-electron chi connectivity index (χ3n) is 2.02. The largest absolute Gasteiger partial charge is 0.368 e. The molecule has 0 aliphatic heterocycles. The number of hydrogen-bond donors (Lipinski definition) is 2. The Balaban J connectivity index is 2.40. The predicted molar refractivity (Wildman–Crippen MR) is 67.6 cm³/mol. The maximum Gasteiger partial charge on any atom is 0.244 e. The lowest BCUT2D eigenvalue weighted by Gasteiger charge is -2.02. The highest BCUT2D eigenvalue weighted by Gasteiger charge is 2.07. The van der Waals surface area contributed by atoms with Crippen LogP contribution in [-0.2, 0) is 0 Å². The highest BCUT2D eigenvalue weighted by Crippen LogP contribution is 2.17. The Morgan fingerprint density at radius 2 is 2.31 bits per heavy atom. The number of halogens is 1. The Hall–Kier alpha value is -1.56. The van der Waals surface area contributed by atoms with Gasteiger partial charge in [-0.05, 0) is 25.1 Å². The fraction of sp³-hybridized carbons (Fsp3) is 0.200. The first-order valence-electron chi connectivity index (χ1n) is 4.93. The van der Waals surface area contributed by atoms with E-state index in [0.717, 1.165) is 16.7 Å². The van der Waals surface area contributed by atoms with Gasteiger partial charge in [0.15, 0.2) is 0 Å². The third-order valence-corrected chi connectivity index (χ3v) is 2.51. The van der Waals surface area contributed by atoms with Crippen LogP contribution in [0.15, 0.2) is 28.7 Å². The molecule has 5 nitrogen and oxygen atoms in total. The summed E-state index contributed by atoms with van der Waals surface area (Å²) >= 11 is 3.40. The van der Waals surface area contributed by atoms with Gasteiger partial charge in [0.05, 0.1) is 5.69 Å². The number of benzene rings is 1. The van der Waals surface area contributed by atoms with Crippen molar-refractivity contribution in [2.45, 2.75) is 6.92 Å². The molecule has 6 heteroatoms. The zero-order valence-corrected chi connectivity index (χ0v) is 10.4. The van der Waals surface area contributed by atoms with Crippen LogP contribution in [0.25, 0.3) is 5.69 Å². The van der Waals surface area contributed by atoms with E-state index in [1.54, 1.807) is 4.68 Å². The van der Waals surface area contributed by atoms with Crippen LogP contribution in [0, 0.1) is 0 Å². The molecular formula is C10H12BrN5. The summed E-state index contributed by atoms with van der Waals surface area (Å²) in [4.78, 5) is 4.11. The second-order valence-corrected chi connectivity index (χ2v) is 4.13. The normalized spacial score (nSPS) is 10.4. The average Bonchev–Trinajstić information content (AvgIpc) is 2.60. The molecule has 84 valence electrons. The Morgan fingerprint density at radius 1 is 1.50 bits per heavy atom. The van der Waals surface area contributed by atoms with E-state index in [0.29, 0.717) is 11.9 Å². The van der Waals surface area contributed by atoms with Crippen LogP contribution in [0.5, 0.6) is 0 Å². The van der Waals surface area contributed by atoms with E-state index in [-0.39, 0.29) is 0 Å². The Bertz CT molecular complexity index is 494. The van der Waals surface area contributed by atoms with Crippen molar-refractivity contribution in [2.24, 2.45) is 0 Å². The van der Waals surface area contributed by atoms with Gasteiger partial charge in [-0.1, -0.05) is 22.0 Å². The number of anilines is 2. The molecule has 1 aromatic carbocycles. The average molecular weight is 282 g/mol. The van der Waals surface area contributed by atoms with Crippen LogP contribution in [0.1, 0.15) is 6.92 Å². The predicted octanol–water partition coefficient (Wildman–Crippen LogP) is 2.04. The summed E-state index contributed by atoms with van der Waals surface area (Å²) in [7, 11) is 0. The summed E-state index contributed by atoms with van der Waals surface area (Å²) < 4.78 is 2.58. The van der Waals surface area contributed by atoms with Crippen molar-refractivity contribution < 1.29 is 0 Å². The van der Waals surface area contributed by atoms with E-state index in [9.17, 15) is 0 Å². The fourth-order valence-corrected chi connectivity index (χ4v) is 1.74. The van der Waals surface area contributed by atoms with E-state index in [1.807, 2.05) is 31.2 Å². The van der Waals surface area contributed by atoms with Crippen LogP contribution < -0.4 is 11.1 Å². The van der Waals surface area contributed by atoms with Gasteiger partial charge in [-0.3, -0.25) is 0 Å². The number of nitrogens with zero attached hydrogens (tertiary/aromatic N) is 3. The summed E-state index contributed by atoms with van der Waals surface area (Å²) in [5.41, 5.74) is 6.67. The Labute approximate surface area is 102 Å². The van der Waals surface area contributed by atoms with Gasteiger partial charge in [-0.2, -0.15) is 9.67 Å². The van der Waals surface area contributed by atoms with Gasteiger partial charge in [0.1, 0.15) is 0 Å². The second kappa shape index (κ2) is 4.52. The van der Waals surface area contributed by atoms with Gasteiger partial charge in [-0.15, -0.1) is 5.10 Å². The zero-order chi connectivity index (χ0) is 11.5. The van der Waals surface area contributed by atoms with Crippen LogP contribution in [0.3, 0.4) is 0 Å². The quantitative estimate of drug-likeness (QED) is 0.904. The molecule has 0 unspecified atom stereocenters. The molecular weight excluding hydrogens is 270 g/mol. The minimum atomic E-state index is 0.369. The highest BCUT2D eigenvalue weighted by molar-refractivity contribution is 9.10. The summed E-state index contributed by atoms with van der Waals surface area (Å²) in [5.74, 6) is 0.911. The molecule has 1 heterocycles. The summed E-state index contributed by atoms with van der Waals surface area (Å²) in [6.45, 7) is 2.75. The number of nitrogens with one attached hydrogen (secondary N) is 1. The van der Waals surface area contributed by atoms with Crippen molar-refractivity contribution in [2.75, 3.05) is 17.6 Å². The number of rotatable bonds is 3. The van der Waals surface area contributed by atoms with Crippen molar-refractivity contribution in [3.8, 4) is 5.69 Å². The van der Waals surface area contributed by atoms with E-state index in [1.165, 1.54) is 0 Å². The van der Waals surface area contributed by atoms with Gasteiger partial charge in [-0.25, -0.2) is 0 Å². The SMILES string of the molecule is CCNc1nc(N)n(-c2cccc(Br)c2)n1. The van der Waals surface area contributed by atoms with E-state index in [4.69, 9.17) is 5.73 Å². The maximum atomic E-state index is 5.79. The van der Waals surface area contributed by atoms with Crippen molar-refractivity contribution in [3.63, 3.8) is 0 Å². The topological polar surface area (TPSA) is 68.8 Å². The first-order chi connectivity index (χ1) is 7.70. The molecule has 0 spiro atoms. The number of nitrogen functional groups attached to an aromatic ring is 1. The molecule has 0 bridgehead atoms. The molecule has 0 atom stereocenters. The summed E-state index contributed by atoms with van der Waals surface area (Å²) in [6.07, 6.45) is 0. The molecule has 0 aliphatic carbocycles. The molecule has 0 amide bonds. The van der Waals surface area contributed by atoms with E-state index >= 15 is 0 Å². The molecule has 1 aromatic heterocycles. The monoisotopic (exact) mass is 281 g/mol. The van der Waals surface area contributed by atoms with Crippen LogP contribution in [-0.4, -0.2) is 21.3 Å². The highest BCUT2D eigenvalue weighted by atomic mass is 79.9. The van der Waals surface area contributed by atoms with Gasteiger partial charge < -0.3 is 11.1 Å². The molecule has 3 N–H and O–H groups in total. The molecule has 16 heavy (non-hydrogen) atoms. The molecule has 2 aromatic rings. The first-order valence-corrected chi connectivity index (χ1v) is 5.72. The van der Waals surface area contributed by atoms with Gasteiger partial charge >= 0.3 is 0 Å². The van der Waals surface area contributed by atoms with Gasteiger partial charge in [0, 0.05) is 11.0 Å². The van der Waals surface area contributed by atoms with Gasteiger partial charge in [0.2, 0.25) is 11.9 Å². The maximum absolute atomic E-state index is 5.79. The van der Waals surface area contributed by atoms with Crippen LogP contribution >= 0.6 is 15.9 Å². The van der Waals surface area contributed by atoms with Crippen molar-refractivity contribution in [1.29, 1.82) is 0 Å². The van der Waals surface area contributed by atoms with Crippen molar-refractivity contribution in [1.82, 2.24) is 14.8 Å². The summed E-state index contributed by atoms with van der Waals surface area (Å²) in [5, 5.41) is 7.28.